The summed E-state index contributed by atoms with van der Waals surface area (Å²) in [5, 5.41) is 9.29. The Morgan fingerprint density at radius 3 is 2.94 bits per heavy atom. The fraction of sp³-hybridized carbons (Fsp3) is 0.0909. The van der Waals surface area contributed by atoms with Crippen LogP contribution >= 0.6 is 15.9 Å². The van der Waals surface area contributed by atoms with Crippen molar-refractivity contribution in [1.29, 1.82) is 0 Å². The molecule has 2 aromatic heterocycles. The number of para-hydroxylation sites is 1. The molecule has 3 aromatic rings. The molecule has 0 amide bonds. The average molecular weight is 293 g/mol. The molecule has 0 saturated carbocycles. The number of hydrogen-bond donors (Lipinski definition) is 1. The van der Waals surface area contributed by atoms with Gasteiger partial charge < -0.3 is 10.3 Å². The van der Waals surface area contributed by atoms with Gasteiger partial charge in [0.25, 0.3) is 0 Å². The maximum atomic E-state index is 5.54. The molecule has 5 nitrogen and oxygen atoms in total. The Balaban J connectivity index is 2.37. The Morgan fingerprint density at radius 2 is 2.24 bits per heavy atom. The zero-order chi connectivity index (χ0) is 12.0. The molecule has 0 atom stereocenters. The molecular weight excluding hydrogens is 284 g/mol. The molecule has 0 aliphatic carbocycles. The van der Waals surface area contributed by atoms with Gasteiger partial charge in [-0.1, -0.05) is 17.3 Å². The molecule has 0 radical (unpaired) electrons. The van der Waals surface area contributed by atoms with E-state index < -0.39 is 0 Å². The van der Waals surface area contributed by atoms with Crippen LogP contribution in [0.3, 0.4) is 0 Å². The summed E-state index contributed by atoms with van der Waals surface area (Å²) < 4.78 is 7.52. The van der Waals surface area contributed by atoms with Crippen LogP contribution in [0, 0.1) is 0 Å². The van der Waals surface area contributed by atoms with Crippen molar-refractivity contribution in [3.63, 3.8) is 0 Å². The van der Waals surface area contributed by atoms with E-state index in [1.54, 1.807) is 10.7 Å². The summed E-state index contributed by atoms with van der Waals surface area (Å²) in [6.45, 7) is 0. The van der Waals surface area contributed by atoms with Crippen molar-refractivity contribution < 1.29 is 4.52 Å². The van der Waals surface area contributed by atoms with E-state index in [0.717, 1.165) is 21.1 Å². The lowest BCUT2D eigenvalue weighted by molar-refractivity contribution is 0.439. The minimum atomic E-state index is 0.304. The summed E-state index contributed by atoms with van der Waals surface area (Å²) in [6, 6.07) is 7.62. The van der Waals surface area contributed by atoms with Crippen molar-refractivity contribution >= 4 is 32.7 Å². The molecule has 0 fully saturated rings. The van der Waals surface area contributed by atoms with Gasteiger partial charge in [-0.15, -0.1) is 0 Å². The smallest absolute Gasteiger partial charge is 0.222 e. The van der Waals surface area contributed by atoms with Gasteiger partial charge in [0.1, 0.15) is 10.3 Å². The first-order valence-corrected chi connectivity index (χ1v) is 5.80. The topological polar surface area (TPSA) is 69.9 Å². The highest BCUT2D eigenvalue weighted by atomic mass is 79.9. The van der Waals surface area contributed by atoms with Crippen LogP contribution in [0.2, 0.25) is 0 Å². The van der Waals surface area contributed by atoms with Crippen LogP contribution in [0.5, 0.6) is 0 Å². The van der Waals surface area contributed by atoms with E-state index in [1.807, 2.05) is 25.2 Å². The molecular formula is C11H9BrN4O. The van der Waals surface area contributed by atoms with E-state index in [4.69, 9.17) is 10.3 Å². The molecule has 0 unspecified atom stereocenters. The van der Waals surface area contributed by atoms with Crippen LogP contribution in [0.1, 0.15) is 0 Å². The van der Waals surface area contributed by atoms with E-state index in [-0.39, 0.29) is 0 Å². The largest absolute Gasteiger partial charge is 0.368 e. The molecule has 0 aliphatic heterocycles. The number of benzene rings is 1. The Bertz CT molecular complexity index is 701. The van der Waals surface area contributed by atoms with Crippen molar-refractivity contribution in [3.8, 4) is 11.3 Å². The molecule has 3 rings (SSSR count). The average Bonchev–Trinajstić information content (AvgIpc) is 2.85. The number of nitrogens with two attached hydrogens (primary N) is 1. The highest BCUT2D eigenvalue weighted by molar-refractivity contribution is 9.10. The number of aryl methyl sites for hydroxylation is 1. The number of nitrogen functional groups attached to an aromatic ring is 1. The number of anilines is 1. The molecule has 6 heteroatoms. The second-order valence-electron chi connectivity index (χ2n) is 3.73. The van der Waals surface area contributed by atoms with Gasteiger partial charge in [0.2, 0.25) is 5.88 Å². The summed E-state index contributed by atoms with van der Waals surface area (Å²) in [6.07, 6.45) is 0. The van der Waals surface area contributed by atoms with E-state index in [2.05, 4.69) is 26.2 Å². The zero-order valence-corrected chi connectivity index (χ0v) is 10.6. The van der Waals surface area contributed by atoms with Crippen molar-refractivity contribution in [1.82, 2.24) is 14.9 Å². The van der Waals surface area contributed by atoms with Gasteiger partial charge in [-0.3, -0.25) is 4.68 Å². The molecule has 0 saturated heterocycles. The Kier molecular flexibility index (Phi) is 2.19. The highest BCUT2D eigenvalue weighted by Gasteiger charge is 2.14. The summed E-state index contributed by atoms with van der Waals surface area (Å²) in [5.41, 5.74) is 8.20. The second kappa shape index (κ2) is 3.59. The van der Waals surface area contributed by atoms with E-state index in [9.17, 15) is 0 Å². The van der Waals surface area contributed by atoms with Gasteiger partial charge >= 0.3 is 0 Å². The van der Waals surface area contributed by atoms with Crippen molar-refractivity contribution in [2.45, 2.75) is 0 Å². The first kappa shape index (κ1) is 10.3. The lowest BCUT2D eigenvalue weighted by atomic mass is 10.1. The quantitative estimate of drug-likeness (QED) is 0.748. The lowest BCUT2D eigenvalue weighted by Crippen LogP contribution is -1.91. The van der Waals surface area contributed by atoms with Crippen LogP contribution in [0.15, 0.2) is 33.4 Å². The Morgan fingerprint density at radius 1 is 1.41 bits per heavy atom. The number of rotatable bonds is 1. The molecule has 86 valence electrons. The fourth-order valence-electron chi connectivity index (χ4n) is 1.92. The molecule has 0 spiro atoms. The zero-order valence-electron chi connectivity index (χ0n) is 9.01. The van der Waals surface area contributed by atoms with Gasteiger partial charge in [0.05, 0.1) is 5.52 Å². The van der Waals surface area contributed by atoms with Gasteiger partial charge in [0, 0.05) is 24.1 Å². The third-order valence-electron chi connectivity index (χ3n) is 2.62. The molecule has 0 aliphatic rings. The van der Waals surface area contributed by atoms with E-state index >= 15 is 0 Å². The number of hydrogen-bond acceptors (Lipinski definition) is 4. The number of halogens is 1. The SMILES string of the molecule is Cn1nc(Br)c2cccc(-c3cc(N)on3)c21. The standard InChI is InChI=1S/C11H9BrN4O/c1-16-10-6(8-5-9(13)17-15-8)3-2-4-7(10)11(12)14-16/h2-5H,13H2,1H3. The third-order valence-corrected chi connectivity index (χ3v) is 3.21. The maximum absolute atomic E-state index is 5.54. The van der Waals surface area contributed by atoms with E-state index in [0.29, 0.717) is 11.6 Å². The third kappa shape index (κ3) is 1.52. The second-order valence-corrected chi connectivity index (χ2v) is 4.48. The predicted octanol–water partition coefficient (Wildman–Crippen LogP) is 2.57. The van der Waals surface area contributed by atoms with E-state index in [1.165, 1.54) is 0 Å². The molecule has 1 aromatic carbocycles. The van der Waals surface area contributed by atoms with Crippen LogP contribution in [0.4, 0.5) is 5.88 Å². The van der Waals surface area contributed by atoms with Crippen LogP contribution in [-0.4, -0.2) is 14.9 Å². The van der Waals surface area contributed by atoms with Crippen molar-refractivity contribution in [3.05, 3.63) is 28.9 Å². The summed E-state index contributed by atoms with van der Waals surface area (Å²) in [5.74, 6) is 0.304. The maximum Gasteiger partial charge on any atom is 0.222 e. The van der Waals surface area contributed by atoms with Gasteiger partial charge in [-0.25, -0.2) is 0 Å². The van der Waals surface area contributed by atoms with Crippen LogP contribution < -0.4 is 5.73 Å². The van der Waals surface area contributed by atoms with Crippen molar-refractivity contribution in [2.75, 3.05) is 5.73 Å². The van der Waals surface area contributed by atoms with Gasteiger partial charge in [-0.2, -0.15) is 5.10 Å². The first-order chi connectivity index (χ1) is 8.16. The normalized spacial score (nSPS) is 11.2. The first-order valence-electron chi connectivity index (χ1n) is 5.00. The lowest BCUT2D eigenvalue weighted by Gasteiger charge is -2.00. The Hall–Kier alpha value is -1.82. The monoisotopic (exact) mass is 292 g/mol. The molecule has 2 heterocycles. The highest BCUT2D eigenvalue weighted by Crippen LogP contribution is 2.31. The molecule has 17 heavy (non-hydrogen) atoms. The number of fused-ring (bicyclic) bond motifs is 1. The fourth-order valence-corrected chi connectivity index (χ4v) is 2.47. The Labute approximate surface area is 105 Å². The summed E-state index contributed by atoms with van der Waals surface area (Å²) in [4.78, 5) is 0. The van der Waals surface area contributed by atoms with Gasteiger partial charge in [-0.05, 0) is 22.0 Å². The van der Waals surface area contributed by atoms with Crippen LogP contribution in [0.25, 0.3) is 22.2 Å². The molecule has 2 N–H and O–H groups in total. The number of nitrogens with zero attached hydrogens (tertiary/aromatic N) is 3. The number of aromatic nitrogens is 3. The predicted molar refractivity (Wildman–Crippen MR) is 68.3 cm³/mol. The summed E-state index contributed by atoms with van der Waals surface area (Å²) in [7, 11) is 1.89. The molecule has 0 bridgehead atoms. The minimum absolute atomic E-state index is 0.304. The van der Waals surface area contributed by atoms with Crippen LogP contribution in [-0.2, 0) is 7.05 Å². The van der Waals surface area contributed by atoms with Crippen molar-refractivity contribution in [2.24, 2.45) is 7.05 Å². The minimum Gasteiger partial charge on any atom is -0.368 e. The summed E-state index contributed by atoms with van der Waals surface area (Å²) >= 11 is 3.43. The van der Waals surface area contributed by atoms with Gasteiger partial charge in [0.15, 0.2) is 0 Å².